The summed E-state index contributed by atoms with van der Waals surface area (Å²) in [5, 5.41) is 2.41. The van der Waals surface area contributed by atoms with Crippen LogP contribution in [-0.4, -0.2) is 55.4 Å². The lowest BCUT2D eigenvalue weighted by molar-refractivity contribution is -0.129. The van der Waals surface area contributed by atoms with Crippen LogP contribution in [0.4, 0.5) is 4.79 Å². The van der Waals surface area contributed by atoms with Crippen molar-refractivity contribution >= 4 is 17.8 Å². The van der Waals surface area contributed by atoms with E-state index >= 15 is 0 Å². The maximum absolute atomic E-state index is 13.0. The summed E-state index contributed by atoms with van der Waals surface area (Å²) in [6.45, 7) is 0.720. The van der Waals surface area contributed by atoms with Crippen LogP contribution in [0.15, 0.2) is 46.0 Å². The molecular weight excluding hydrogens is 402 g/mol. The van der Waals surface area contributed by atoms with Crippen molar-refractivity contribution in [3.05, 3.63) is 68.5 Å². The maximum Gasteiger partial charge on any atom is 0.331 e. The van der Waals surface area contributed by atoms with E-state index in [0.717, 1.165) is 20.8 Å². The highest BCUT2D eigenvalue weighted by molar-refractivity contribution is 6.07. The molecule has 1 aromatic heterocycles. The number of nitrogens with zero attached hydrogens (tertiary/aromatic N) is 4. The zero-order chi connectivity index (χ0) is 22.3. The number of benzene rings is 1. The number of hydrogen-bond donors (Lipinski definition) is 1. The van der Waals surface area contributed by atoms with Crippen molar-refractivity contribution in [1.29, 1.82) is 0 Å². The largest absolute Gasteiger partial charge is 0.337 e. The highest BCUT2D eigenvalue weighted by Gasteiger charge is 2.54. The molecule has 0 saturated carbocycles. The molecule has 0 bridgehead atoms. The molecule has 162 valence electrons. The summed E-state index contributed by atoms with van der Waals surface area (Å²) in [5.41, 5.74) is -1.27. The third-order valence-corrected chi connectivity index (χ3v) is 6.21. The quantitative estimate of drug-likeness (QED) is 0.685. The summed E-state index contributed by atoms with van der Waals surface area (Å²) in [4.78, 5) is 65.4. The number of amides is 4. The second kappa shape index (κ2) is 7.53. The van der Waals surface area contributed by atoms with Gasteiger partial charge in [0, 0.05) is 39.8 Å². The number of carbonyl (C=O) groups excluding carboxylic acids is 3. The van der Waals surface area contributed by atoms with E-state index in [9.17, 15) is 24.0 Å². The van der Waals surface area contributed by atoms with Gasteiger partial charge in [0.25, 0.3) is 17.4 Å². The van der Waals surface area contributed by atoms with Gasteiger partial charge in [-0.2, -0.15) is 0 Å². The average Bonchev–Trinajstić information content (AvgIpc) is 2.99. The van der Waals surface area contributed by atoms with Crippen LogP contribution in [0.3, 0.4) is 0 Å². The number of carbonyl (C=O) groups is 3. The average molecular weight is 425 g/mol. The third kappa shape index (κ3) is 3.33. The minimum atomic E-state index is -1.03. The van der Waals surface area contributed by atoms with Gasteiger partial charge in [-0.25, -0.2) is 9.59 Å². The molecule has 31 heavy (non-hydrogen) atoms. The molecule has 10 nitrogen and oxygen atoms in total. The van der Waals surface area contributed by atoms with Crippen LogP contribution < -0.4 is 16.6 Å². The molecule has 2 fully saturated rings. The Hall–Kier alpha value is -3.69. The molecule has 1 N–H and O–H groups in total. The maximum atomic E-state index is 13.0. The highest BCUT2D eigenvalue weighted by atomic mass is 16.2. The van der Waals surface area contributed by atoms with E-state index in [0.29, 0.717) is 0 Å². The zero-order valence-corrected chi connectivity index (χ0v) is 17.3. The number of nitrogens with one attached hydrogen (secondary N) is 1. The molecule has 2 aromatic rings. The van der Waals surface area contributed by atoms with Crippen LogP contribution in [-0.2, 0) is 25.4 Å². The topological polar surface area (TPSA) is 114 Å². The van der Waals surface area contributed by atoms with Crippen molar-refractivity contribution in [3.8, 4) is 0 Å². The first-order chi connectivity index (χ1) is 14.7. The molecular formula is C21H23N5O5. The molecule has 0 unspecified atom stereocenters. The van der Waals surface area contributed by atoms with Gasteiger partial charge in [0.1, 0.15) is 11.2 Å². The smallest absolute Gasteiger partial charge is 0.331 e. The monoisotopic (exact) mass is 425 g/mol. The fourth-order valence-electron chi connectivity index (χ4n) is 4.26. The van der Waals surface area contributed by atoms with E-state index in [1.54, 1.807) is 4.90 Å². The van der Waals surface area contributed by atoms with Gasteiger partial charge in [0.15, 0.2) is 0 Å². The predicted octanol–water partition coefficient (Wildman–Crippen LogP) is -0.189. The second-order valence-corrected chi connectivity index (χ2v) is 7.92. The predicted molar refractivity (Wildman–Crippen MR) is 110 cm³/mol. The van der Waals surface area contributed by atoms with Crippen molar-refractivity contribution in [2.24, 2.45) is 14.1 Å². The molecule has 2 aliphatic heterocycles. The van der Waals surface area contributed by atoms with Crippen molar-refractivity contribution in [2.45, 2.75) is 24.9 Å². The van der Waals surface area contributed by atoms with Crippen LogP contribution in [0.25, 0.3) is 0 Å². The van der Waals surface area contributed by atoms with Gasteiger partial charge in [0.05, 0.1) is 0 Å². The summed E-state index contributed by atoms with van der Waals surface area (Å²) in [6, 6.07) is 10.1. The van der Waals surface area contributed by atoms with E-state index in [2.05, 4.69) is 5.32 Å². The lowest BCUT2D eigenvalue weighted by Gasteiger charge is -2.42. The highest BCUT2D eigenvalue weighted by Crippen LogP contribution is 2.34. The molecule has 0 radical (unpaired) electrons. The molecule has 10 heteroatoms. The SMILES string of the molecule is Cn1c(C(=O)N2CCC3(CC2)C(=O)NC(=O)N3Cc2ccccc2)cc(=O)n(C)c1=O. The van der Waals surface area contributed by atoms with Gasteiger partial charge in [0.2, 0.25) is 0 Å². The van der Waals surface area contributed by atoms with E-state index in [4.69, 9.17) is 0 Å². The first kappa shape index (κ1) is 20.6. The fraction of sp³-hybridized carbons (Fsp3) is 0.381. The van der Waals surface area contributed by atoms with Crippen LogP contribution in [0.5, 0.6) is 0 Å². The molecule has 0 aliphatic carbocycles. The fourth-order valence-corrected chi connectivity index (χ4v) is 4.26. The summed E-state index contributed by atoms with van der Waals surface area (Å²) in [7, 11) is 2.78. The van der Waals surface area contributed by atoms with Crippen LogP contribution in [0, 0.1) is 0 Å². The number of aromatic nitrogens is 2. The number of rotatable bonds is 3. The Morgan fingerprint density at radius 2 is 1.65 bits per heavy atom. The third-order valence-electron chi connectivity index (χ3n) is 6.21. The Morgan fingerprint density at radius 3 is 2.29 bits per heavy atom. The summed E-state index contributed by atoms with van der Waals surface area (Å²) in [5.74, 6) is -0.812. The zero-order valence-electron chi connectivity index (χ0n) is 17.3. The molecule has 1 aromatic carbocycles. The molecule has 1 spiro atoms. The van der Waals surface area contributed by atoms with Gasteiger partial charge < -0.3 is 9.80 Å². The van der Waals surface area contributed by atoms with Gasteiger partial charge in [-0.3, -0.25) is 28.8 Å². The van der Waals surface area contributed by atoms with Crippen molar-refractivity contribution < 1.29 is 14.4 Å². The lowest BCUT2D eigenvalue weighted by Crippen LogP contribution is -2.57. The molecule has 2 aliphatic rings. The Balaban J connectivity index is 1.56. The Labute approximate surface area is 177 Å². The number of urea groups is 1. The summed E-state index contributed by atoms with van der Waals surface area (Å²) < 4.78 is 2.07. The van der Waals surface area contributed by atoms with Crippen LogP contribution >= 0.6 is 0 Å². The summed E-state index contributed by atoms with van der Waals surface area (Å²) >= 11 is 0. The number of piperidine rings is 1. The van der Waals surface area contributed by atoms with Gasteiger partial charge in [-0.05, 0) is 18.4 Å². The first-order valence-electron chi connectivity index (χ1n) is 9.98. The van der Waals surface area contributed by atoms with Crippen LogP contribution in [0.1, 0.15) is 28.9 Å². The molecule has 2 saturated heterocycles. The Bertz CT molecular complexity index is 1170. The lowest BCUT2D eigenvalue weighted by atomic mass is 9.85. The summed E-state index contributed by atoms with van der Waals surface area (Å²) in [6.07, 6.45) is 0.532. The minimum absolute atomic E-state index is 0.00265. The number of hydrogen-bond acceptors (Lipinski definition) is 5. The van der Waals surface area contributed by atoms with Crippen LogP contribution in [0.2, 0.25) is 0 Å². The standard InChI is InChI=1S/C21H23N5O5/c1-23-15(12-16(27)24(2)20(23)31)17(28)25-10-8-21(9-11-25)18(29)22-19(30)26(21)13-14-6-4-3-5-7-14/h3-7,12H,8-11,13H2,1-2H3,(H,22,29,30). The molecule has 3 heterocycles. The van der Waals surface area contributed by atoms with Gasteiger partial charge in [-0.15, -0.1) is 0 Å². The normalized spacial score (nSPS) is 17.9. The Kier molecular flexibility index (Phi) is 5.00. The number of likely N-dealkylation sites (tertiary alicyclic amines) is 1. The molecule has 4 rings (SSSR count). The van der Waals surface area contributed by atoms with E-state index in [1.807, 2.05) is 30.3 Å². The second-order valence-electron chi connectivity index (χ2n) is 7.92. The molecule has 4 amide bonds. The van der Waals surface area contributed by atoms with E-state index < -0.39 is 28.7 Å². The molecule has 0 atom stereocenters. The van der Waals surface area contributed by atoms with Crippen molar-refractivity contribution in [1.82, 2.24) is 24.3 Å². The van der Waals surface area contributed by atoms with E-state index in [1.165, 1.54) is 19.0 Å². The minimum Gasteiger partial charge on any atom is -0.337 e. The van der Waals surface area contributed by atoms with Crippen molar-refractivity contribution in [3.63, 3.8) is 0 Å². The first-order valence-corrected chi connectivity index (χ1v) is 9.98. The van der Waals surface area contributed by atoms with Gasteiger partial charge in [-0.1, -0.05) is 30.3 Å². The van der Waals surface area contributed by atoms with Crippen molar-refractivity contribution in [2.75, 3.05) is 13.1 Å². The number of imide groups is 1. The van der Waals surface area contributed by atoms with Gasteiger partial charge >= 0.3 is 11.7 Å². The van der Waals surface area contributed by atoms with E-state index in [-0.39, 0.29) is 44.1 Å². The Morgan fingerprint density at radius 1 is 1.00 bits per heavy atom.